The number of para-hydroxylation sites is 1. The summed E-state index contributed by atoms with van der Waals surface area (Å²) in [5, 5.41) is 12.9. The minimum Gasteiger partial charge on any atom is -0.497 e. The number of likely N-dealkylation sites (tertiary alicyclic amines) is 1. The molecule has 0 aliphatic carbocycles. The Labute approximate surface area is 294 Å². The van der Waals surface area contributed by atoms with Crippen LogP contribution in [0.3, 0.4) is 0 Å². The van der Waals surface area contributed by atoms with Crippen LogP contribution in [0.5, 0.6) is 11.5 Å². The summed E-state index contributed by atoms with van der Waals surface area (Å²) >= 11 is 0. The lowest BCUT2D eigenvalue weighted by atomic mass is 9.82. The second-order valence-electron chi connectivity index (χ2n) is 13.1. The Kier molecular flexibility index (Phi) is 10.1. The normalized spacial score (nSPS) is 20.4. The van der Waals surface area contributed by atoms with Gasteiger partial charge in [0.15, 0.2) is 5.54 Å². The van der Waals surface area contributed by atoms with E-state index in [1.54, 1.807) is 36.1 Å². The average Bonchev–Trinajstić information content (AvgIpc) is 3.39. The van der Waals surface area contributed by atoms with Crippen molar-refractivity contribution >= 4 is 27.6 Å². The van der Waals surface area contributed by atoms with E-state index in [1.807, 2.05) is 0 Å². The first-order valence-corrected chi connectivity index (χ1v) is 18.5. The van der Waals surface area contributed by atoms with E-state index in [4.69, 9.17) is 9.47 Å². The number of benzene rings is 3. The maximum atomic E-state index is 15.1. The fourth-order valence-corrected chi connectivity index (χ4v) is 8.81. The van der Waals surface area contributed by atoms with E-state index < -0.39 is 27.5 Å². The number of carbonyl (C=O) groups excluding carboxylic acids is 2. The third-order valence-electron chi connectivity index (χ3n) is 10.1. The van der Waals surface area contributed by atoms with E-state index in [-0.39, 0.29) is 33.9 Å². The lowest BCUT2D eigenvalue weighted by Gasteiger charge is -2.44. The lowest BCUT2D eigenvalue weighted by Crippen LogP contribution is -2.60. The zero-order valence-corrected chi connectivity index (χ0v) is 29.8. The molecule has 3 heterocycles. The Bertz CT molecular complexity index is 1880. The maximum Gasteiger partial charge on any atom is 0.318 e. The van der Waals surface area contributed by atoms with Crippen LogP contribution in [0.15, 0.2) is 71.6 Å². The van der Waals surface area contributed by atoms with Crippen LogP contribution in [-0.4, -0.2) is 100 Å². The van der Waals surface area contributed by atoms with Crippen LogP contribution in [0, 0.1) is 11.3 Å². The summed E-state index contributed by atoms with van der Waals surface area (Å²) in [5.74, 6) is -0.152. The number of hydrogen-bond donors (Lipinski definition) is 1. The van der Waals surface area contributed by atoms with Gasteiger partial charge in [-0.2, -0.15) is 9.57 Å². The number of piperidine rings is 1. The molecule has 2 saturated heterocycles. The first kappa shape index (κ1) is 35.2. The highest BCUT2D eigenvalue weighted by Gasteiger charge is 2.58. The summed E-state index contributed by atoms with van der Waals surface area (Å²) in [4.78, 5) is 36.0. The van der Waals surface area contributed by atoms with E-state index >= 15 is 4.79 Å². The number of amides is 3. The van der Waals surface area contributed by atoms with E-state index in [2.05, 4.69) is 35.0 Å². The predicted molar refractivity (Wildman–Crippen MR) is 189 cm³/mol. The Balaban J connectivity index is 1.38. The van der Waals surface area contributed by atoms with Crippen LogP contribution in [0.4, 0.5) is 10.5 Å². The van der Waals surface area contributed by atoms with Gasteiger partial charge in [0.05, 0.1) is 35.9 Å². The summed E-state index contributed by atoms with van der Waals surface area (Å²) in [6.45, 7) is 11.4. The van der Waals surface area contributed by atoms with E-state index in [9.17, 15) is 18.5 Å². The highest BCUT2D eigenvalue weighted by Crippen LogP contribution is 2.49. The van der Waals surface area contributed by atoms with Gasteiger partial charge < -0.3 is 19.7 Å². The number of nitrogens with one attached hydrogen (secondary N) is 1. The molecule has 3 aromatic carbocycles. The van der Waals surface area contributed by atoms with Crippen molar-refractivity contribution in [1.82, 2.24) is 20.0 Å². The second kappa shape index (κ2) is 14.3. The number of hydrogen-bond acceptors (Lipinski definition) is 9. The van der Waals surface area contributed by atoms with Crippen molar-refractivity contribution in [2.45, 2.75) is 56.1 Å². The summed E-state index contributed by atoms with van der Waals surface area (Å²) in [7, 11) is -3.04. The Morgan fingerprint density at radius 1 is 0.980 bits per heavy atom. The molecule has 0 saturated carbocycles. The van der Waals surface area contributed by atoms with E-state index in [0.29, 0.717) is 36.7 Å². The number of rotatable bonds is 9. The zero-order chi connectivity index (χ0) is 35.6. The zero-order valence-electron chi connectivity index (χ0n) is 29.0. The van der Waals surface area contributed by atoms with Crippen LogP contribution in [0.1, 0.15) is 50.3 Å². The highest BCUT2D eigenvalue weighted by molar-refractivity contribution is 7.93. The van der Waals surface area contributed by atoms with Crippen LogP contribution in [0.2, 0.25) is 0 Å². The van der Waals surface area contributed by atoms with Gasteiger partial charge in [-0.3, -0.25) is 14.6 Å². The van der Waals surface area contributed by atoms with E-state index in [1.165, 1.54) is 49.6 Å². The van der Waals surface area contributed by atoms with Crippen LogP contribution >= 0.6 is 0 Å². The number of anilines is 1. The van der Waals surface area contributed by atoms with Crippen molar-refractivity contribution in [3.8, 4) is 17.6 Å². The summed E-state index contributed by atoms with van der Waals surface area (Å²) in [6, 6.07) is 19.3. The standard InChI is InChI=1S/C37H44N6O6S/c1-5-49-34-9-7-6-8-31(34)37(39-36(45)42-18-16-28(17-19-42)41-22-20-40(21-23-41)26(2)3)32-24-27(25-38)10-15-33(32)43(35(37)44)50(46,47)30-13-11-29(48-4)12-14-30/h6-15,24,26,28H,5,16-23H2,1-4H3,(H,39,45). The number of nitrogens with zero attached hydrogens (tertiary/aromatic N) is 5. The number of methoxy groups -OCH3 is 1. The molecule has 3 amide bonds. The van der Waals surface area contributed by atoms with Crippen molar-refractivity contribution in [2.75, 3.05) is 57.3 Å². The largest absolute Gasteiger partial charge is 0.497 e. The molecule has 1 N–H and O–H groups in total. The number of piperazine rings is 1. The fourth-order valence-electron chi connectivity index (χ4n) is 7.35. The van der Waals surface area contributed by atoms with Crippen molar-refractivity contribution < 1.29 is 27.5 Å². The first-order valence-electron chi connectivity index (χ1n) is 17.1. The molecule has 2 fully saturated rings. The molecule has 264 valence electrons. The van der Waals surface area contributed by atoms with Gasteiger partial charge >= 0.3 is 6.03 Å². The number of carbonyl (C=O) groups is 2. The van der Waals surface area contributed by atoms with Gasteiger partial charge in [-0.25, -0.2) is 13.2 Å². The molecule has 6 rings (SSSR count). The Morgan fingerprint density at radius 2 is 1.66 bits per heavy atom. The number of ether oxygens (including phenoxy) is 2. The Morgan fingerprint density at radius 3 is 2.28 bits per heavy atom. The van der Waals surface area contributed by atoms with Crippen LogP contribution < -0.4 is 19.1 Å². The second-order valence-corrected chi connectivity index (χ2v) is 14.9. The molecule has 1 unspecified atom stereocenters. The van der Waals surface area contributed by atoms with Crippen molar-refractivity contribution in [1.29, 1.82) is 5.26 Å². The molecule has 0 radical (unpaired) electrons. The molecule has 0 spiro atoms. The minimum absolute atomic E-state index is 0.0377. The van der Waals surface area contributed by atoms with E-state index in [0.717, 1.165) is 43.3 Å². The molecular weight excluding hydrogens is 657 g/mol. The summed E-state index contributed by atoms with van der Waals surface area (Å²) in [6.07, 6.45) is 1.55. The molecule has 3 aromatic rings. The fraction of sp³-hybridized carbons (Fsp3) is 0.432. The molecule has 3 aliphatic rings. The smallest absolute Gasteiger partial charge is 0.318 e. The SMILES string of the molecule is CCOc1ccccc1C1(NC(=O)N2CCC(N3CCN(C(C)C)CC3)CC2)C(=O)N(S(=O)(=O)c2ccc(OC)cc2)c2ccc(C#N)cc21. The van der Waals surface area contributed by atoms with Gasteiger partial charge in [0.2, 0.25) is 0 Å². The van der Waals surface area contributed by atoms with Crippen molar-refractivity contribution in [3.05, 3.63) is 83.4 Å². The number of sulfonamides is 1. The monoisotopic (exact) mass is 700 g/mol. The Hall–Kier alpha value is -4.64. The van der Waals surface area contributed by atoms with Crippen LogP contribution in [-0.2, 0) is 20.4 Å². The van der Waals surface area contributed by atoms with Crippen molar-refractivity contribution in [3.63, 3.8) is 0 Å². The minimum atomic E-state index is -4.51. The number of nitriles is 1. The van der Waals surface area contributed by atoms with Gasteiger partial charge in [-0.1, -0.05) is 18.2 Å². The topological polar surface area (TPSA) is 136 Å². The molecule has 1 atom stereocenters. The summed E-state index contributed by atoms with van der Waals surface area (Å²) < 4.78 is 40.7. The predicted octanol–water partition coefficient (Wildman–Crippen LogP) is 4.14. The summed E-state index contributed by atoms with van der Waals surface area (Å²) in [5.41, 5.74) is -1.37. The van der Waals surface area contributed by atoms with Gasteiger partial charge in [0.25, 0.3) is 15.9 Å². The van der Waals surface area contributed by atoms with Crippen LogP contribution in [0.25, 0.3) is 0 Å². The van der Waals surface area contributed by atoms with Gasteiger partial charge in [0, 0.05) is 62.5 Å². The highest BCUT2D eigenvalue weighted by atomic mass is 32.2. The molecule has 3 aliphatic heterocycles. The third-order valence-corrected chi connectivity index (χ3v) is 11.8. The molecule has 13 heteroatoms. The van der Waals surface area contributed by atoms with Gasteiger partial charge in [-0.15, -0.1) is 0 Å². The molecule has 0 bridgehead atoms. The maximum absolute atomic E-state index is 15.1. The molecule has 50 heavy (non-hydrogen) atoms. The van der Waals surface area contributed by atoms with Crippen molar-refractivity contribution in [2.24, 2.45) is 0 Å². The third kappa shape index (κ3) is 6.27. The lowest BCUT2D eigenvalue weighted by molar-refractivity contribution is -0.121. The number of urea groups is 1. The number of fused-ring (bicyclic) bond motifs is 1. The molecule has 12 nitrogen and oxygen atoms in total. The first-order chi connectivity index (χ1) is 24.0. The average molecular weight is 701 g/mol. The van der Waals surface area contributed by atoms with Gasteiger partial charge in [0.1, 0.15) is 11.5 Å². The van der Waals surface area contributed by atoms with Gasteiger partial charge in [-0.05, 0) is 82.1 Å². The molecule has 0 aromatic heterocycles. The molecular formula is C37H44N6O6S. The quantitative estimate of drug-likeness (QED) is 0.350.